The van der Waals surface area contributed by atoms with Crippen molar-refractivity contribution >= 4 is 10.0 Å². The Morgan fingerprint density at radius 2 is 1.59 bits per heavy atom. The highest BCUT2D eigenvalue weighted by molar-refractivity contribution is 7.88. The molecule has 0 fully saturated rings. The normalized spacial score (nSPS) is 11.6. The molecule has 96 valence electrons. The van der Waals surface area contributed by atoms with Gasteiger partial charge >= 0.3 is 0 Å². The highest BCUT2D eigenvalue weighted by Crippen LogP contribution is 2.23. The second-order valence-electron chi connectivity index (χ2n) is 3.74. The molecule has 0 aliphatic rings. The van der Waals surface area contributed by atoms with E-state index in [9.17, 15) is 8.42 Å². The van der Waals surface area contributed by atoms with E-state index in [1.807, 2.05) is 0 Å². The highest BCUT2D eigenvalue weighted by atomic mass is 32.2. The van der Waals surface area contributed by atoms with Gasteiger partial charge in [-0.05, 0) is 17.7 Å². The topological polar surface area (TPSA) is 55.8 Å². The van der Waals surface area contributed by atoms with Crippen LogP contribution in [0.4, 0.5) is 0 Å². The Hall–Kier alpha value is -1.27. The molecule has 6 heteroatoms. The fourth-order valence-electron chi connectivity index (χ4n) is 1.33. The molecule has 0 N–H and O–H groups in total. The van der Waals surface area contributed by atoms with Gasteiger partial charge in [-0.25, -0.2) is 12.7 Å². The van der Waals surface area contributed by atoms with Gasteiger partial charge in [-0.15, -0.1) is 0 Å². The van der Waals surface area contributed by atoms with Gasteiger partial charge in [0.05, 0.1) is 20.5 Å². The van der Waals surface area contributed by atoms with Gasteiger partial charge in [0.1, 0.15) is 11.5 Å². The zero-order valence-corrected chi connectivity index (χ0v) is 11.2. The smallest absolute Gasteiger partial charge is 0.211 e. The minimum absolute atomic E-state index is 0.284. The SMILES string of the molecule is COc1cc(CN(C)S(C)(=O)=O)cc(OC)c1. The molecule has 0 amide bonds. The molecule has 17 heavy (non-hydrogen) atoms. The van der Waals surface area contributed by atoms with Crippen molar-refractivity contribution in [3.63, 3.8) is 0 Å². The number of methoxy groups -OCH3 is 2. The fourth-order valence-corrected chi connectivity index (χ4v) is 1.72. The second kappa shape index (κ2) is 5.37. The average molecular weight is 259 g/mol. The first-order valence-electron chi connectivity index (χ1n) is 5.00. The maximum atomic E-state index is 11.3. The molecule has 0 unspecified atom stereocenters. The molecule has 1 aromatic rings. The Labute approximate surface area is 102 Å². The molecule has 0 aliphatic heterocycles. The third-order valence-electron chi connectivity index (χ3n) is 2.38. The lowest BCUT2D eigenvalue weighted by molar-refractivity contribution is 0.391. The molecular weight excluding hydrogens is 242 g/mol. The zero-order chi connectivity index (χ0) is 13.1. The number of ether oxygens (including phenoxy) is 2. The van der Waals surface area contributed by atoms with E-state index in [0.717, 1.165) is 5.56 Å². The molecule has 0 bridgehead atoms. The first-order chi connectivity index (χ1) is 7.86. The van der Waals surface area contributed by atoms with Gasteiger partial charge in [0.25, 0.3) is 0 Å². The summed E-state index contributed by atoms with van der Waals surface area (Å²) in [5.74, 6) is 1.28. The quantitative estimate of drug-likeness (QED) is 0.794. The van der Waals surface area contributed by atoms with Crippen LogP contribution in [0.15, 0.2) is 18.2 Å². The standard InChI is InChI=1S/C11H17NO4S/c1-12(17(4,13)14)8-9-5-10(15-2)7-11(6-9)16-3/h5-7H,8H2,1-4H3. The zero-order valence-electron chi connectivity index (χ0n) is 10.4. The summed E-state index contributed by atoms with van der Waals surface area (Å²) in [6.45, 7) is 0.284. The van der Waals surface area contributed by atoms with Crippen molar-refractivity contribution in [2.75, 3.05) is 27.5 Å². The number of hydrogen-bond acceptors (Lipinski definition) is 4. The van der Waals surface area contributed by atoms with E-state index in [0.29, 0.717) is 11.5 Å². The third-order valence-corrected chi connectivity index (χ3v) is 3.64. The molecule has 5 nitrogen and oxygen atoms in total. The second-order valence-corrected chi connectivity index (χ2v) is 5.83. The van der Waals surface area contributed by atoms with Crippen molar-refractivity contribution in [3.8, 4) is 11.5 Å². The van der Waals surface area contributed by atoms with Crippen LogP contribution in [0, 0.1) is 0 Å². The Balaban J connectivity index is 2.98. The molecule has 1 aromatic carbocycles. The predicted octanol–water partition coefficient (Wildman–Crippen LogP) is 1.10. The van der Waals surface area contributed by atoms with Crippen molar-refractivity contribution in [1.29, 1.82) is 0 Å². The minimum Gasteiger partial charge on any atom is -0.497 e. The first-order valence-corrected chi connectivity index (χ1v) is 6.85. The molecule has 1 rings (SSSR count). The summed E-state index contributed by atoms with van der Waals surface area (Å²) in [4.78, 5) is 0. The number of hydrogen-bond donors (Lipinski definition) is 0. The van der Waals surface area contributed by atoms with Crippen LogP contribution in [0.1, 0.15) is 5.56 Å². The maximum Gasteiger partial charge on any atom is 0.211 e. The van der Waals surface area contributed by atoms with Gasteiger partial charge in [-0.2, -0.15) is 0 Å². The minimum atomic E-state index is -3.19. The molecule has 0 saturated heterocycles. The van der Waals surface area contributed by atoms with E-state index in [1.54, 1.807) is 32.4 Å². The van der Waals surface area contributed by atoms with Gasteiger partial charge in [0, 0.05) is 19.7 Å². The number of nitrogens with zero attached hydrogens (tertiary/aromatic N) is 1. The van der Waals surface area contributed by atoms with Gasteiger partial charge in [0.2, 0.25) is 10.0 Å². The molecule has 0 atom stereocenters. The summed E-state index contributed by atoms with van der Waals surface area (Å²) in [6.07, 6.45) is 1.17. The first kappa shape index (κ1) is 13.8. The molecule has 0 radical (unpaired) electrons. The van der Waals surface area contributed by atoms with E-state index >= 15 is 0 Å². The Morgan fingerprint density at radius 3 is 1.94 bits per heavy atom. The van der Waals surface area contributed by atoms with E-state index in [4.69, 9.17) is 9.47 Å². The van der Waals surface area contributed by atoms with Crippen LogP contribution < -0.4 is 9.47 Å². The van der Waals surface area contributed by atoms with Crippen LogP contribution in [0.5, 0.6) is 11.5 Å². The average Bonchev–Trinajstić information content (AvgIpc) is 2.27. The molecule has 0 spiro atoms. The molecule has 0 heterocycles. The van der Waals surface area contributed by atoms with Gasteiger partial charge in [-0.1, -0.05) is 0 Å². The Kier molecular flexibility index (Phi) is 4.36. The third kappa shape index (κ3) is 3.90. The summed E-state index contributed by atoms with van der Waals surface area (Å²) in [6, 6.07) is 5.30. The summed E-state index contributed by atoms with van der Waals surface area (Å²) < 4.78 is 34.1. The van der Waals surface area contributed by atoms with Crippen LogP contribution in [0.2, 0.25) is 0 Å². The number of benzene rings is 1. The monoisotopic (exact) mass is 259 g/mol. The summed E-state index contributed by atoms with van der Waals surface area (Å²) in [5.41, 5.74) is 0.814. The maximum absolute atomic E-state index is 11.3. The molecule has 0 aliphatic carbocycles. The number of rotatable bonds is 5. The Morgan fingerprint density at radius 1 is 1.12 bits per heavy atom. The van der Waals surface area contributed by atoms with Crippen molar-refractivity contribution in [1.82, 2.24) is 4.31 Å². The van der Waals surface area contributed by atoms with Gasteiger partial charge in [0.15, 0.2) is 0 Å². The molecular formula is C11H17NO4S. The predicted molar refractivity (Wildman–Crippen MR) is 65.9 cm³/mol. The van der Waals surface area contributed by atoms with Crippen LogP contribution in [0.3, 0.4) is 0 Å². The van der Waals surface area contributed by atoms with Crippen molar-refractivity contribution in [2.45, 2.75) is 6.54 Å². The van der Waals surface area contributed by atoms with Crippen LogP contribution in [-0.4, -0.2) is 40.2 Å². The summed E-state index contributed by atoms with van der Waals surface area (Å²) in [7, 11) is 1.45. The van der Waals surface area contributed by atoms with E-state index < -0.39 is 10.0 Å². The van der Waals surface area contributed by atoms with E-state index in [1.165, 1.54) is 17.6 Å². The van der Waals surface area contributed by atoms with Crippen LogP contribution in [0.25, 0.3) is 0 Å². The van der Waals surface area contributed by atoms with Crippen molar-refractivity contribution < 1.29 is 17.9 Å². The van der Waals surface area contributed by atoms with Gasteiger partial charge < -0.3 is 9.47 Å². The van der Waals surface area contributed by atoms with Crippen molar-refractivity contribution in [2.24, 2.45) is 0 Å². The van der Waals surface area contributed by atoms with E-state index in [2.05, 4.69) is 0 Å². The summed E-state index contributed by atoms with van der Waals surface area (Å²) in [5, 5.41) is 0. The lowest BCUT2D eigenvalue weighted by Crippen LogP contribution is -2.24. The fraction of sp³-hybridized carbons (Fsp3) is 0.455. The summed E-state index contributed by atoms with van der Waals surface area (Å²) >= 11 is 0. The van der Waals surface area contributed by atoms with Crippen molar-refractivity contribution in [3.05, 3.63) is 23.8 Å². The van der Waals surface area contributed by atoms with E-state index in [-0.39, 0.29) is 6.54 Å². The van der Waals surface area contributed by atoms with Crippen LogP contribution in [-0.2, 0) is 16.6 Å². The molecule has 0 saturated carbocycles. The van der Waals surface area contributed by atoms with Crippen LogP contribution >= 0.6 is 0 Å². The van der Waals surface area contributed by atoms with Gasteiger partial charge in [-0.3, -0.25) is 0 Å². The lowest BCUT2D eigenvalue weighted by Gasteiger charge is -2.15. The Bertz CT molecular complexity index is 462. The number of sulfonamides is 1. The highest BCUT2D eigenvalue weighted by Gasteiger charge is 2.12. The molecule has 0 aromatic heterocycles. The lowest BCUT2D eigenvalue weighted by atomic mass is 10.2. The largest absolute Gasteiger partial charge is 0.497 e.